The Kier molecular flexibility index (Phi) is 4.94. The largest absolute Gasteiger partial charge is 0.235 e. The van der Waals surface area contributed by atoms with Crippen molar-refractivity contribution in [3.05, 3.63) is 18.0 Å². The monoisotopic (exact) mass is 265 g/mol. The SMILES string of the molecule is C=C(CCC)c1nnn(P)c1CC1CCCCC1. The predicted octanol–water partition coefficient (Wildman–Crippen LogP) is 3.85. The van der Waals surface area contributed by atoms with Gasteiger partial charge in [0.2, 0.25) is 0 Å². The maximum absolute atomic E-state index is 4.29. The lowest BCUT2D eigenvalue weighted by atomic mass is 9.85. The quantitative estimate of drug-likeness (QED) is 0.757. The Morgan fingerprint density at radius 2 is 2.11 bits per heavy atom. The van der Waals surface area contributed by atoms with Crippen LogP contribution in [0.3, 0.4) is 0 Å². The van der Waals surface area contributed by atoms with E-state index in [2.05, 4.69) is 33.2 Å². The van der Waals surface area contributed by atoms with Gasteiger partial charge >= 0.3 is 0 Å². The second kappa shape index (κ2) is 6.47. The van der Waals surface area contributed by atoms with Crippen LogP contribution in [0.15, 0.2) is 6.58 Å². The minimum absolute atomic E-state index is 0.810. The third-order valence-corrected chi connectivity index (χ3v) is 4.30. The van der Waals surface area contributed by atoms with Gasteiger partial charge in [0.25, 0.3) is 0 Å². The van der Waals surface area contributed by atoms with Gasteiger partial charge in [-0.05, 0) is 33.7 Å². The molecule has 0 bridgehead atoms. The molecule has 1 fully saturated rings. The molecule has 0 aliphatic heterocycles. The summed E-state index contributed by atoms with van der Waals surface area (Å²) < 4.78 is 1.87. The highest BCUT2D eigenvalue weighted by Crippen LogP contribution is 2.30. The molecule has 0 saturated heterocycles. The third kappa shape index (κ3) is 3.20. The molecule has 0 radical (unpaired) electrons. The maximum Gasteiger partial charge on any atom is 0.111 e. The van der Waals surface area contributed by atoms with Crippen LogP contribution in [0.1, 0.15) is 63.3 Å². The molecule has 0 spiro atoms. The Morgan fingerprint density at radius 1 is 1.39 bits per heavy atom. The lowest BCUT2D eigenvalue weighted by Crippen LogP contribution is -2.11. The Hall–Kier alpha value is -0.690. The summed E-state index contributed by atoms with van der Waals surface area (Å²) in [4.78, 5) is 0. The first kappa shape index (κ1) is 13.7. The minimum Gasteiger partial charge on any atom is -0.235 e. The number of rotatable bonds is 5. The summed E-state index contributed by atoms with van der Waals surface area (Å²) in [6, 6.07) is 0. The number of hydrogen-bond donors (Lipinski definition) is 0. The zero-order valence-corrected chi connectivity index (χ0v) is 12.5. The zero-order valence-electron chi connectivity index (χ0n) is 11.4. The molecular weight excluding hydrogens is 241 g/mol. The lowest BCUT2D eigenvalue weighted by molar-refractivity contribution is 0.353. The van der Waals surface area contributed by atoms with Gasteiger partial charge in [-0.1, -0.05) is 57.2 Å². The van der Waals surface area contributed by atoms with Gasteiger partial charge in [-0.15, -0.1) is 5.10 Å². The molecule has 1 atom stereocenters. The Bertz CT molecular complexity index is 405. The van der Waals surface area contributed by atoms with Crippen molar-refractivity contribution in [3.63, 3.8) is 0 Å². The second-order valence-corrected chi connectivity index (χ2v) is 5.88. The van der Waals surface area contributed by atoms with Crippen LogP contribution in [-0.2, 0) is 6.42 Å². The van der Waals surface area contributed by atoms with Crippen molar-refractivity contribution in [1.29, 1.82) is 0 Å². The van der Waals surface area contributed by atoms with Crippen molar-refractivity contribution < 1.29 is 0 Å². The van der Waals surface area contributed by atoms with E-state index in [0.29, 0.717) is 0 Å². The summed E-state index contributed by atoms with van der Waals surface area (Å²) in [7, 11) is 2.66. The fourth-order valence-corrected chi connectivity index (χ4v) is 3.14. The highest BCUT2D eigenvalue weighted by atomic mass is 31.0. The highest BCUT2D eigenvalue weighted by Gasteiger charge is 2.20. The van der Waals surface area contributed by atoms with Gasteiger partial charge in [0.1, 0.15) is 5.69 Å². The van der Waals surface area contributed by atoms with Crippen LogP contribution < -0.4 is 0 Å². The lowest BCUT2D eigenvalue weighted by Gasteiger charge is -2.21. The summed E-state index contributed by atoms with van der Waals surface area (Å²) in [6.07, 6.45) is 10.1. The van der Waals surface area contributed by atoms with Crippen molar-refractivity contribution in [2.75, 3.05) is 0 Å². The smallest absolute Gasteiger partial charge is 0.111 e. The van der Waals surface area contributed by atoms with Gasteiger partial charge in [0, 0.05) is 0 Å². The van der Waals surface area contributed by atoms with Gasteiger partial charge < -0.3 is 0 Å². The van der Waals surface area contributed by atoms with E-state index in [-0.39, 0.29) is 0 Å². The third-order valence-electron chi connectivity index (χ3n) is 3.88. The number of allylic oxidation sites excluding steroid dienone is 1. The van der Waals surface area contributed by atoms with E-state index < -0.39 is 0 Å². The highest BCUT2D eigenvalue weighted by molar-refractivity contribution is 7.14. The Morgan fingerprint density at radius 3 is 2.78 bits per heavy atom. The van der Waals surface area contributed by atoms with E-state index in [1.807, 2.05) is 4.45 Å². The van der Waals surface area contributed by atoms with E-state index in [9.17, 15) is 0 Å². The average Bonchev–Trinajstić information content (AvgIpc) is 2.73. The van der Waals surface area contributed by atoms with Crippen LogP contribution in [0.25, 0.3) is 5.57 Å². The summed E-state index contributed by atoms with van der Waals surface area (Å²) in [5.41, 5.74) is 3.43. The van der Waals surface area contributed by atoms with Crippen LogP contribution in [0, 0.1) is 5.92 Å². The molecule has 1 unspecified atom stereocenters. The van der Waals surface area contributed by atoms with Crippen LogP contribution in [0.2, 0.25) is 0 Å². The van der Waals surface area contributed by atoms with Crippen molar-refractivity contribution in [2.24, 2.45) is 5.92 Å². The van der Waals surface area contributed by atoms with E-state index in [1.54, 1.807) is 0 Å². The molecule has 4 heteroatoms. The molecule has 1 aliphatic carbocycles. The molecule has 0 amide bonds. The topological polar surface area (TPSA) is 30.7 Å². The number of hydrogen-bond acceptors (Lipinski definition) is 2. The van der Waals surface area contributed by atoms with Gasteiger partial charge in [0.05, 0.1) is 5.69 Å². The molecule has 1 aromatic heterocycles. The summed E-state index contributed by atoms with van der Waals surface area (Å²) in [6.45, 7) is 6.33. The molecule has 2 rings (SSSR count). The fourth-order valence-electron chi connectivity index (χ4n) is 2.86. The first-order valence-electron chi connectivity index (χ1n) is 7.10. The van der Waals surface area contributed by atoms with E-state index in [1.165, 1.54) is 37.8 Å². The average molecular weight is 265 g/mol. The Labute approximate surface area is 112 Å². The summed E-state index contributed by atoms with van der Waals surface area (Å²) >= 11 is 0. The first-order valence-corrected chi connectivity index (χ1v) is 7.61. The van der Waals surface area contributed by atoms with Gasteiger partial charge in [0.15, 0.2) is 0 Å². The standard InChI is InChI=1S/C14H24N3P/c1-3-7-11(2)14-13(17(18)16-15-14)10-12-8-5-4-6-9-12/h12H,2-10,18H2,1H3. The maximum atomic E-state index is 4.29. The second-order valence-electron chi connectivity index (χ2n) is 5.39. The van der Waals surface area contributed by atoms with Gasteiger partial charge in [-0.2, -0.15) is 0 Å². The van der Waals surface area contributed by atoms with E-state index in [4.69, 9.17) is 0 Å². The number of aromatic nitrogens is 3. The predicted molar refractivity (Wildman–Crippen MR) is 79.4 cm³/mol. The van der Waals surface area contributed by atoms with Crippen LogP contribution in [-0.4, -0.2) is 14.8 Å². The van der Waals surface area contributed by atoms with Crippen molar-refractivity contribution in [1.82, 2.24) is 14.8 Å². The molecule has 18 heavy (non-hydrogen) atoms. The molecule has 1 saturated carbocycles. The van der Waals surface area contributed by atoms with Crippen LogP contribution in [0.5, 0.6) is 0 Å². The van der Waals surface area contributed by atoms with Crippen molar-refractivity contribution in [3.8, 4) is 0 Å². The Balaban J connectivity index is 2.10. The molecule has 0 aromatic carbocycles. The van der Waals surface area contributed by atoms with Crippen molar-refractivity contribution >= 4 is 15.0 Å². The van der Waals surface area contributed by atoms with Crippen molar-refractivity contribution in [2.45, 2.75) is 58.3 Å². The van der Waals surface area contributed by atoms with Crippen LogP contribution >= 0.6 is 9.39 Å². The van der Waals surface area contributed by atoms with Gasteiger partial charge in [-0.3, -0.25) is 0 Å². The molecule has 0 N–H and O–H groups in total. The first-order chi connectivity index (χ1) is 8.72. The minimum atomic E-state index is 0.810. The molecule has 1 aromatic rings. The number of nitrogens with zero attached hydrogens (tertiary/aromatic N) is 3. The van der Waals surface area contributed by atoms with Gasteiger partial charge in [-0.25, -0.2) is 4.45 Å². The fraction of sp³-hybridized carbons (Fsp3) is 0.714. The summed E-state index contributed by atoms with van der Waals surface area (Å²) in [5.74, 6) is 0.810. The summed E-state index contributed by atoms with van der Waals surface area (Å²) in [5, 5.41) is 8.45. The molecule has 1 aliphatic rings. The molecule has 3 nitrogen and oxygen atoms in total. The normalized spacial score (nSPS) is 17.0. The molecule has 100 valence electrons. The molecular formula is C14H24N3P. The van der Waals surface area contributed by atoms with Crippen LogP contribution in [0.4, 0.5) is 0 Å². The van der Waals surface area contributed by atoms with E-state index >= 15 is 0 Å². The van der Waals surface area contributed by atoms with E-state index in [0.717, 1.165) is 36.4 Å². The molecule has 1 heterocycles. The zero-order chi connectivity index (χ0) is 13.0.